The van der Waals surface area contributed by atoms with Gasteiger partial charge in [-0.05, 0) is 40.5 Å². The van der Waals surface area contributed by atoms with Gasteiger partial charge in [-0.1, -0.05) is 18.9 Å². The molecule has 2 fully saturated rings. The maximum absolute atomic E-state index is 12.5. The van der Waals surface area contributed by atoms with E-state index in [2.05, 4.69) is 10.6 Å². The first kappa shape index (κ1) is 18.1. The van der Waals surface area contributed by atoms with Gasteiger partial charge in [0.25, 0.3) is 0 Å². The molecule has 0 spiro atoms. The Labute approximate surface area is 149 Å². The standard InChI is InChI=1S/C19H29N3O3/c1-18(2)11-14(19(3,4)21-18)15(23)20-9-10-22-16(24)12-7-5-6-8-13(12)17(22)25/h11-13,21H,5-10H2,1-4H3,(H,20,23). The fraction of sp³-hybridized carbons (Fsp3) is 0.737. The van der Waals surface area contributed by atoms with Crippen molar-refractivity contribution in [3.8, 4) is 0 Å². The highest BCUT2D eigenvalue weighted by molar-refractivity contribution is 6.05. The summed E-state index contributed by atoms with van der Waals surface area (Å²) < 4.78 is 0. The Hall–Kier alpha value is -1.69. The number of hydrogen-bond acceptors (Lipinski definition) is 4. The van der Waals surface area contributed by atoms with Gasteiger partial charge >= 0.3 is 0 Å². The first-order valence-electron chi connectivity index (χ1n) is 9.28. The van der Waals surface area contributed by atoms with E-state index in [-0.39, 0.29) is 41.6 Å². The molecule has 138 valence electrons. The minimum atomic E-state index is -0.401. The SMILES string of the molecule is CC1(C)C=C(C(=O)NCCN2C(=O)C3CCCCC3C2=O)C(C)(C)N1. The average molecular weight is 347 g/mol. The van der Waals surface area contributed by atoms with E-state index in [0.717, 1.165) is 25.7 Å². The third-order valence-corrected chi connectivity index (χ3v) is 5.61. The summed E-state index contributed by atoms with van der Waals surface area (Å²) in [6.45, 7) is 8.57. The molecule has 3 amide bonds. The molecule has 1 saturated heterocycles. The summed E-state index contributed by atoms with van der Waals surface area (Å²) in [6.07, 6.45) is 5.64. The Kier molecular flexibility index (Phi) is 4.52. The van der Waals surface area contributed by atoms with Gasteiger partial charge < -0.3 is 5.32 Å². The highest BCUT2D eigenvalue weighted by atomic mass is 16.2. The molecule has 2 unspecified atom stereocenters. The summed E-state index contributed by atoms with van der Waals surface area (Å²) in [5, 5.41) is 6.28. The van der Waals surface area contributed by atoms with Crippen LogP contribution in [0.15, 0.2) is 11.6 Å². The monoisotopic (exact) mass is 347 g/mol. The molecule has 25 heavy (non-hydrogen) atoms. The molecular formula is C19H29N3O3. The van der Waals surface area contributed by atoms with Crippen LogP contribution in [0.1, 0.15) is 53.4 Å². The van der Waals surface area contributed by atoms with Crippen molar-refractivity contribution in [3.63, 3.8) is 0 Å². The van der Waals surface area contributed by atoms with Gasteiger partial charge in [0.1, 0.15) is 0 Å². The molecule has 2 heterocycles. The van der Waals surface area contributed by atoms with Crippen LogP contribution in [0.2, 0.25) is 0 Å². The smallest absolute Gasteiger partial charge is 0.248 e. The minimum Gasteiger partial charge on any atom is -0.350 e. The maximum atomic E-state index is 12.5. The predicted molar refractivity (Wildman–Crippen MR) is 94.6 cm³/mol. The molecule has 2 N–H and O–H groups in total. The summed E-state index contributed by atoms with van der Waals surface area (Å²) in [7, 11) is 0. The minimum absolute atomic E-state index is 0.0489. The Morgan fingerprint density at radius 2 is 1.72 bits per heavy atom. The van der Waals surface area contributed by atoms with E-state index in [0.29, 0.717) is 12.1 Å². The van der Waals surface area contributed by atoms with Gasteiger partial charge in [-0.3, -0.25) is 24.6 Å². The Bertz CT molecular complexity index is 612. The largest absolute Gasteiger partial charge is 0.350 e. The molecule has 3 aliphatic rings. The first-order chi connectivity index (χ1) is 11.6. The molecule has 3 rings (SSSR count). The number of carbonyl (C=O) groups excluding carboxylic acids is 3. The van der Waals surface area contributed by atoms with Crippen LogP contribution in [0.3, 0.4) is 0 Å². The summed E-state index contributed by atoms with van der Waals surface area (Å²) in [6, 6.07) is 0. The number of carbonyl (C=O) groups is 3. The number of amides is 3. The van der Waals surface area contributed by atoms with E-state index in [1.807, 2.05) is 33.8 Å². The van der Waals surface area contributed by atoms with Crippen molar-refractivity contribution in [2.45, 2.75) is 64.5 Å². The molecule has 6 nitrogen and oxygen atoms in total. The highest BCUT2D eigenvalue weighted by Gasteiger charge is 2.47. The number of rotatable bonds is 4. The molecular weight excluding hydrogens is 318 g/mol. The van der Waals surface area contributed by atoms with Gasteiger partial charge in [-0.15, -0.1) is 0 Å². The van der Waals surface area contributed by atoms with E-state index in [9.17, 15) is 14.4 Å². The number of nitrogens with one attached hydrogen (secondary N) is 2. The van der Waals surface area contributed by atoms with Crippen LogP contribution in [-0.4, -0.2) is 46.8 Å². The van der Waals surface area contributed by atoms with E-state index >= 15 is 0 Å². The lowest BCUT2D eigenvalue weighted by Gasteiger charge is -2.27. The fourth-order valence-corrected chi connectivity index (χ4v) is 4.63. The van der Waals surface area contributed by atoms with E-state index < -0.39 is 5.54 Å². The number of nitrogens with zero attached hydrogens (tertiary/aromatic N) is 1. The first-order valence-corrected chi connectivity index (χ1v) is 9.28. The number of hydrogen-bond donors (Lipinski definition) is 2. The van der Waals surface area contributed by atoms with Gasteiger partial charge in [0.15, 0.2) is 0 Å². The number of fused-ring (bicyclic) bond motifs is 1. The van der Waals surface area contributed by atoms with Crippen molar-refractivity contribution in [2.75, 3.05) is 13.1 Å². The van der Waals surface area contributed by atoms with E-state index in [1.54, 1.807) is 0 Å². The molecule has 6 heteroatoms. The summed E-state index contributed by atoms with van der Waals surface area (Å²) in [4.78, 5) is 38.8. The zero-order valence-corrected chi connectivity index (χ0v) is 15.6. The molecule has 0 aromatic heterocycles. The van der Waals surface area contributed by atoms with E-state index in [4.69, 9.17) is 0 Å². The molecule has 0 radical (unpaired) electrons. The number of imide groups is 1. The van der Waals surface area contributed by atoms with Crippen LogP contribution >= 0.6 is 0 Å². The second kappa shape index (κ2) is 6.24. The van der Waals surface area contributed by atoms with Gasteiger partial charge in [-0.2, -0.15) is 0 Å². The van der Waals surface area contributed by atoms with Crippen LogP contribution in [0.4, 0.5) is 0 Å². The van der Waals surface area contributed by atoms with Gasteiger partial charge in [0, 0.05) is 29.7 Å². The second-order valence-electron chi connectivity index (χ2n) is 8.61. The topological polar surface area (TPSA) is 78.5 Å². The van der Waals surface area contributed by atoms with Gasteiger partial charge in [0.2, 0.25) is 17.7 Å². The van der Waals surface area contributed by atoms with Crippen LogP contribution in [0.25, 0.3) is 0 Å². The lowest BCUT2D eigenvalue weighted by Crippen LogP contribution is -2.48. The van der Waals surface area contributed by atoms with Crippen molar-refractivity contribution in [3.05, 3.63) is 11.6 Å². The zero-order valence-electron chi connectivity index (χ0n) is 15.6. The van der Waals surface area contributed by atoms with Crippen molar-refractivity contribution in [1.29, 1.82) is 0 Å². The highest BCUT2D eigenvalue weighted by Crippen LogP contribution is 2.37. The molecule has 2 aliphatic heterocycles. The van der Waals surface area contributed by atoms with Crippen LogP contribution in [0.5, 0.6) is 0 Å². The Morgan fingerprint density at radius 1 is 1.16 bits per heavy atom. The third-order valence-electron chi connectivity index (χ3n) is 5.61. The van der Waals surface area contributed by atoms with Crippen LogP contribution < -0.4 is 10.6 Å². The lowest BCUT2D eigenvalue weighted by molar-refractivity contribution is -0.140. The third kappa shape index (κ3) is 3.36. The molecule has 0 aromatic carbocycles. The quantitative estimate of drug-likeness (QED) is 0.753. The molecule has 0 bridgehead atoms. The summed E-state index contributed by atoms with van der Waals surface area (Å²) in [5.41, 5.74) is 0.0689. The van der Waals surface area contributed by atoms with Gasteiger partial charge in [-0.25, -0.2) is 0 Å². The second-order valence-corrected chi connectivity index (χ2v) is 8.61. The van der Waals surface area contributed by atoms with Crippen LogP contribution in [-0.2, 0) is 14.4 Å². The Morgan fingerprint density at radius 3 is 2.20 bits per heavy atom. The van der Waals surface area contributed by atoms with Crippen LogP contribution in [0, 0.1) is 11.8 Å². The van der Waals surface area contributed by atoms with E-state index in [1.165, 1.54) is 4.90 Å². The normalized spacial score (nSPS) is 30.2. The molecule has 2 atom stereocenters. The summed E-state index contributed by atoms with van der Waals surface area (Å²) in [5.74, 6) is -0.490. The molecule has 1 saturated carbocycles. The fourth-order valence-electron chi connectivity index (χ4n) is 4.63. The number of likely N-dealkylation sites (tertiary alicyclic amines) is 1. The average Bonchev–Trinajstić information content (AvgIpc) is 2.90. The van der Waals surface area contributed by atoms with Crippen molar-refractivity contribution in [2.24, 2.45) is 11.8 Å². The summed E-state index contributed by atoms with van der Waals surface area (Å²) >= 11 is 0. The Balaban J connectivity index is 1.57. The van der Waals surface area contributed by atoms with Crippen molar-refractivity contribution >= 4 is 17.7 Å². The van der Waals surface area contributed by atoms with Crippen molar-refractivity contribution < 1.29 is 14.4 Å². The molecule has 0 aromatic rings. The van der Waals surface area contributed by atoms with Crippen molar-refractivity contribution in [1.82, 2.24) is 15.5 Å². The maximum Gasteiger partial charge on any atom is 0.248 e. The predicted octanol–water partition coefficient (Wildman–Crippen LogP) is 1.36. The zero-order chi connectivity index (χ0) is 18.4. The molecule has 1 aliphatic carbocycles. The van der Waals surface area contributed by atoms with Gasteiger partial charge in [0.05, 0.1) is 11.8 Å². The lowest BCUT2D eigenvalue weighted by atomic mass is 9.81.